The van der Waals surface area contributed by atoms with Gasteiger partial charge in [-0.3, -0.25) is 13.9 Å². The Kier molecular flexibility index (Phi) is 10.1. The second-order valence-electron chi connectivity index (χ2n) is 9.77. The van der Waals surface area contributed by atoms with Crippen molar-refractivity contribution >= 4 is 27.5 Å². The predicted molar refractivity (Wildman–Crippen MR) is 154 cm³/mol. The van der Waals surface area contributed by atoms with Gasteiger partial charge in [-0.05, 0) is 69.2 Å². The van der Waals surface area contributed by atoms with Crippen molar-refractivity contribution in [3.05, 3.63) is 90.0 Å². The van der Waals surface area contributed by atoms with Crippen molar-refractivity contribution in [3.63, 3.8) is 0 Å². The standard InChI is InChI=1S/C30H37N3O5S/c1-6-28(30(35)31-22(2)3)32(20-24-14-12-23(4)13-15-24)29(34)21-33(39(5,36)37)25-16-18-27(19-17-25)38-26-10-8-7-9-11-26/h7-19,22,28H,6,20-21H2,1-5H3,(H,31,35)/t28-/m0/s1. The molecule has 3 aromatic rings. The van der Waals surface area contributed by atoms with Crippen molar-refractivity contribution in [2.75, 3.05) is 17.1 Å². The summed E-state index contributed by atoms with van der Waals surface area (Å²) in [6.45, 7) is 7.23. The summed E-state index contributed by atoms with van der Waals surface area (Å²) in [5.74, 6) is 0.428. The Balaban J connectivity index is 1.89. The number of carbonyl (C=O) groups excluding carboxylic acids is 2. The quantitative estimate of drug-likeness (QED) is 0.346. The van der Waals surface area contributed by atoms with Crippen LogP contribution in [0.15, 0.2) is 78.9 Å². The third-order valence-electron chi connectivity index (χ3n) is 6.07. The van der Waals surface area contributed by atoms with Crippen molar-refractivity contribution in [2.24, 2.45) is 0 Å². The molecule has 39 heavy (non-hydrogen) atoms. The van der Waals surface area contributed by atoms with E-state index in [9.17, 15) is 18.0 Å². The van der Waals surface area contributed by atoms with Crippen LogP contribution in [0.25, 0.3) is 0 Å². The Morgan fingerprint density at radius 3 is 2.03 bits per heavy atom. The first-order valence-electron chi connectivity index (χ1n) is 12.9. The maximum atomic E-state index is 13.8. The van der Waals surface area contributed by atoms with Crippen LogP contribution < -0.4 is 14.4 Å². The minimum atomic E-state index is -3.82. The summed E-state index contributed by atoms with van der Waals surface area (Å²) in [6.07, 6.45) is 1.43. The van der Waals surface area contributed by atoms with E-state index in [1.54, 1.807) is 24.3 Å². The number of aryl methyl sites for hydroxylation is 1. The van der Waals surface area contributed by atoms with Gasteiger partial charge in [-0.1, -0.05) is 55.0 Å². The molecule has 0 aromatic heterocycles. The second-order valence-corrected chi connectivity index (χ2v) is 11.7. The summed E-state index contributed by atoms with van der Waals surface area (Å²) in [6, 6.07) is 22.6. The van der Waals surface area contributed by atoms with Crippen LogP contribution in [0.4, 0.5) is 5.69 Å². The van der Waals surface area contributed by atoms with Gasteiger partial charge < -0.3 is 15.0 Å². The number of rotatable bonds is 12. The number of amides is 2. The fraction of sp³-hybridized carbons (Fsp3) is 0.333. The van der Waals surface area contributed by atoms with Crippen LogP contribution in [0.5, 0.6) is 11.5 Å². The van der Waals surface area contributed by atoms with Gasteiger partial charge in [0, 0.05) is 12.6 Å². The molecule has 0 radical (unpaired) electrons. The lowest BCUT2D eigenvalue weighted by Crippen LogP contribution is -2.53. The molecule has 2 amide bonds. The molecule has 0 bridgehead atoms. The first-order chi connectivity index (χ1) is 18.5. The predicted octanol–water partition coefficient (Wildman–Crippen LogP) is 4.89. The zero-order valence-electron chi connectivity index (χ0n) is 23.1. The van der Waals surface area contributed by atoms with E-state index in [0.717, 1.165) is 21.7 Å². The maximum absolute atomic E-state index is 13.8. The zero-order valence-corrected chi connectivity index (χ0v) is 23.9. The van der Waals surface area contributed by atoms with E-state index in [-0.39, 0.29) is 18.5 Å². The van der Waals surface area contributed by atoms with Gasteiger partial charge in [0.15, 0.2) is 0 Å². The minimum absolute atomic E-state index is 0.105. The molecule has 0 aliphatic heterocycles. The van der Waals surface area contributed by atoms with Crippen LogP contribution in [0.2, 0.25) is 0 Å². The first-order valence-corrected chi connectivity index (χ1v) is 14.8. The van der Waals surface area contributed by atoms with Crippen molar-refractivity contribution in [1.29, 1.82) is 0 Å². The monoisotopic (exact) mass is 551 g/mol. The number of sulfonamides is 1. The molecule has 3 aromatic carbocycles. The molecule has 0 aliphatic rings. The Morgan fingerprint density at radius 2 is 1.49 bits per heavy atom. The minimum Gasteiger partial charge on any atom is -0.457 e. The summed E-state index contributed by atoms with van der Waals surface area (Å²) in [5.41, 5.74) is 2.24. The van der Waals surface area contributed by atoms with Crippen LogP contribution in [0.3, 0.4) is 0 Å². The fourth-order valence-electron chi connectivity index (χ4n) is 4.11. The molecule has 1 N–H and O–H groups in total. The van der Waals surface area contributed by atoms with Crippen molar-refractivity contribution in [2.45, 2.75) is 52.7 Å². The fourth-order valence-corrected chi connectivity index (χ4v) is 4.96. The van der Waals surface area contributed by atoms with Crippen LogP contribution in [-0.4, -0.2) is 50.0 Å². The highest BCUT2D eigenvalue weighted by atomic mass is 32.2. The molecule has 0 fully saturated rings. The average molecular weight is 552 g/mol. The SMILES string of the molecule is CC[C@@H](C(=O)NC(C)C)N(Cc1ccc(C)cc1)C(=O)CN(c1ccc(Oc2ccccc2)cc1)S(C)(=O)=O. The lowest BCUT2D eigenvalue weighted by Gasteiger charge is -2.33. The number of carbonyl (C=O) groups is 2. The molecule has 0 spiro atoms. The van der Waals surface area contributed by atoms with Gasteiger partial charge in [-0.25, -0.2) is 8.42 Å². The van der Waals surface area contributed by atoms with Crippen molar-refractivity contribution < 1.29 is 22.7 Å². The number of nitrogens with zero attached hydrogens (tertiary/aromatic N) is 2. The Bertz CT molecular complexity index is 1340. The van der Waals surface area contributed by atoms with E-state index in [2.05, 4.69) is 5.32 Å². The summed E-state index contributed by atoms with van der Waals surface area (Å²) in [4.78, 5) is 28.3. The molecule has 0 aliphatic carbocycles. The smallest absolute Gasteiger partial charge is 0.244 e. The highest BCUT2D eigenvalue weighted by Crippen LogP contribution is 2.26. The third-order valence-corrected chi connectivity index (χ3v) is 7.21. The highest BCUT2D eigenvalue weighted by molar-refractivity contribution is 7.92. The Labute approximate surface area is 231 Å². The average Bonchev–Trinajstić information content (AvgIpc) is 2.88. The zero-order chi connectivity index (χ0) is 28.6. The molecule has 1 atom stereocenters. The van der Waals surface area contributed by atoms with Gasteiger partial charge in [-0.15, -0.1) is 0 Å². The van der Waals surface area contributed by atoms with Crippen molar-refractivity contribution in [1.82, 2.24) is 10.2 Å². The van der Waals surface area contributed by atoms with Crippen LogP contribution in [0, 0.1) is 6.92 Å². The summed E-state index contributed by atoms with van der Waals surface area (Å²) >= 11 is 0. The number of para-hydroxylation sites is 1. The van der Waals surface area contributed by atoms with E-state index in [1.807, 2.05) is 82.3 Å². The van der Waals surface area contributed by atoms with Crippen LogP contribution >= 0.6 is 0 Å². The molecule has 0 unspecified atom stereocenters. The largest absolute Gasteiger partial charge is 0.457 e. The normalized spacial score (nSPS) is 12.1. The van der Waals surface area contributed by atoms with E-state index in [1.165, 1.54) is 4.90 Å². The van der Waals surface area contributed by atoms with Gasteiger partial charge in [0.05, 0.1) is 11.9 Å². The number of benzene rings is 3. The van der Waals surface area contributed by atoms with Gasteiger partial charge in [0.1, 0.15) is 24.1 Å². The summed E-state index contributed by atoms with van der Waals surface area (Å²) < 4.78 is 32.5. The van der Waals surface area contributed by atoms with E-state index in [4.69, 9.17) is 4.74 Å². The molecule has 208 valence electrons. The van der Waals surface area contributed by atoms with Gasteiger partial charge in [0.25, 0.3) is 0 Å². The number of hydrogen-bond acceptors (Lipinski definition) is 5. The molecule has 8 nitrogen and oxygen atoms in total. The number of hydrogen-bond donors (Lipinski definition) is 1. The molecule has 0 heterocycles. The topological polar surface area (TPSA) is 96.0 Å². The lowest BCUT2D eigenvalue weighted by molar-refractivity contribution is -0.140. The first kappa shape index (κ1) is 29.7. The highest BCUT2D eigenvalue weighted by Gasteiger charge is 2.32. The maximum Gasteiger partial charge on any atom is 0.244 e. The number of nitrogens with one attached hydrogen (secondary N) is 1. The second kappa shape index (κ2) is 13.3. The third kappa shape index (κ3) is 8.58. The molecular weight excluding hydrogens is 514 g/mol. The van der Waals surface area contributed by atoms with Crippen molar-refractivity contribution in [3.8, 4) is 11.5 Å². The Hall–Kier alpha value is -3.85. The molecule has 9 heteroatoms. The molecule has 3 rings (SSSR count). The van der Waals surface area contributed by atoms with Crippen LogP contribution in [-0.2, 0) is 26.2 Å². The van der Waals surface area contributed by atoms with E-state index >= 15 is 0 Å². The number of anilines is 1. The van der Waals surface area contributed by atoms with Gasteiger partial charge in [0.2, 0.25) is 21.8 Å². The molecule has 0 saturated carbocycles. The van der Waals surface area contributed by atoms with E-state index < -0.39 is 28.5 Å². The lowest BCUT2D eigenvalue weighted by atomic mass is 10.1. The molecular formula is C30H37N3O5S. The summed E-state index contributed by atoms with van der Waals surface area (Å²) in [5, 5.41) is 2.89. The number of ether oxygens (including phenoxy) is 1. The van der Waals surface area contributed by atoms with Gasteiger partial charge in [-0.2, -0.15) is 0 Å². The summed E-state index contributed by atoms with van der Waals surface area (Å²) in [7, 11) is -3.82. The van der Waals surface area contributed by atoms with E-state index in [0.29, 0.717) is 23.6 Å². The Morgan fingerprint density at radius 1 is 0.897 bits per heavy atom. The van der Waals surface area contributed by atoms with Gasteiger partial charge >= 0.3 is 0 Å². The molecule has 0 saturated heterocycles. The van der Waals surface area contributed by atoms with Crippen LogP contribution in [0.1, 0.15) is 38.3 Å².